The second-order valence-electron chi connectivity index (χ2n) is 7.07. The third kappa shape index (κ3) is 3.06. The Hall–Kier alpha value is -4.12. The Morgan fingerprint density at radius 2 is 1.77 bits per heavy atom. The molecule has 0 amide bonds. The SMILES string of the molecule is Cn1cc(C=C2Oc3cc(OC(=O)c4ccccc4)ccc3C2=O)c2ccccc21. The van der Waals surface area contributed by atoms with Crippen molar-refractivity contribution >= 4 is 28.7 Å². The van der Waals surface area contributed by atoms with Crippen molar-refractivity contribution < 1.29 is 19.1 Å². The Balaban J connectivity index is 1.43. The topological polar surface area (TPSA) is 57.5 Å². The number of Topliss-reactive ketones (excluding diaryl/α,β-unsaturated/α-hetero) is 1. The van der Waals surface area contributed by atoms with Crippen LogP contribution in [-0.4, -0.2) is 16.3 Å². The van der Waals surface area contributed by atoms with Crippen molar-refractivity contribution in [1.82, 2.24) is 4.57 Å². The molecular formula is C25H17NO4. The number of ether oxygens (including phenoxy) is 2. The van der Waals surface area contributed by atoms with Gasteiger partial charge in [0.25, 0.3) is 0 Å². The molecule has 5 rings (SSSR count). The van der Waals surface area contributed by atoms with Gasteiger partial charge in [-0.1, -0.05) is 36.4 Å². The molecule has 0 N–H and O–H groups in total. The van der Waals surface area contributed by atoms with E-state index in [1.165, 1.54) is 0 Å². The molecule has 5 nitrogen and oxygen atoms in total. The van der Waals surface area contributed by atoms with Crippen molar-refractivity contribution in [2.24, 2.45) is 7.05 Å². The summed E-state index contributed by atoms with van der Waals surface area (Å²) in [6.45, 7) is 0. The molecule has 0 radical (unpaired) electrons. The molecule has 5 heteroatoms. The van der Waals surface area contributed by atoms with Crippen LogP contribution < -0.4 is 9.47 Å². The monoisotopic (exact) mass is 395 g/mol. The average molecular weight is 395 g/mol. The van der Waals surface area contributed by atoms with Gasteiger partial charge < -0.3 is 14.0 Å². The molecule has 0 aliphatic carbocycles. The Labute approximate surface area is 172 Å². The molecule has 0 fully saturated rings. The smallest absolute Gasteiger partial charge is 0.343 e. The molecule has 1 aliphatic heterocycles. The summed E-state index contributed by atoms with van der Waals surface area (Å²) >= 11 is 0. The number of benzene rings is 3. The molecule has 0 atom stereocenters. The van der Waals surface area contributed by atoms with Gasteiger partial charge in [-0.25, -0.2) is 4.79 Å². The molecule has 3 aromatic carbocycles. The Morgan fingerprint density at radius 3 is 2.60 bits per heavy atom. The first-order valence-corrected chi connectivity index (χ1v) is 9.50. The zero-order chi connectivity index (χ0) is 20.7. The van der Waals surface area contributed by atoms with Crippen LogP contribution in [0.5, 0.6) is 11.5 Å². The van der Waals surface area contributed by atoms with Crippen molar-refractivity contribution in [1.29, 1.82) is 0 Å². The fourth-order valence-electron chi connectivity index (χ4n) is 3.60. The van der Waals surface area contributed by atoms with E-state index >= 15 is 0 Å². The van der Waals surface area contributed by atoms with Gasteiger partial charge in [-0.3, -0.25) is 4.79 Å². The van der Waals surface area contributed by atoms with E-state index in [-0.39, 0.29) is 11.5 Å². The number of rotatable bonds is 3. The first-order valence-electron chi connectivity index (χ1n) is 9.50. The Kier molecular flexibility index (Phi) is 4.21. The van der Waals surface area contributed by atoms with Crippen LogP contribution in [0.25, 0.3) is 17.0 Å². The molecule has 4 aromatic rings. The van der Waals surface area contributed by atoms with E-state index in [4.69, 9.17) is 9.47 Å². The van der Waals surface area contributed by atoms with E-state index in [2.05, 4.69) is 0 Å². The number of carbonyl (C=O) groups excluding carboxylic acids is 2. The summed E-state index contributed by atoms with van der Waals surface area (Å²) in [5.74, 6) is 0.282. The Bertz CT molecular complexity index is 1330. The summed E-state index contributed by atoms with van der Waals surface area (Å²) in [4.78, 5) is 25.1. The van der Waals surface area contributed by atoms with Crippen LogP contribution in [-0.2, 0) is 7.05 Å². The molecule has 0 bridgehead atoms. The van der Waals surface area contributed by atoms with Crippen LogP contribution in [0.2, 0.25) is 0 Å². The molecule has 0 unspecified atom stereocenters. The van der Waals surface area contributed by atoms with Crippen molar-refractivity contribution in [2.75, 3.05) is 0 Å². The number of fused-ring (bicyclic) bond motifs is 2. The lowest BCUT2D eigenvalue weighted by Gasteiger charge is -2.05. The highest BCUT2D eigenvalue weighted by Crippen LogP contribution is 2.36. The van der Waals surface area contributed by atoms with Gasteiger partial charge in [-0.15, -0.1) is 0 Å². The van der Waals surface area contributed by atoms with Crippen LogP contribution in [0.15, 0.2) is 84.8 Å². The molecule has 2 heterocycles. The molecule has 0 spiro atoms. The minimum absolute atomic E-state index is 0.195. The number of para-hydroxylation sites is 1. The number of carbonyl (C=O) groups is 2. The highest BCUT2D eigenvalue weighted by atomic mass is 16.5. The van der Waals surface area contributed by atoms with E-state index in [1.807, 2.05) is 48.1 Å². The number of hydrogen-bond acceptors (Lipinski definition) is 4. The number of ketones is 1. The lowest BCUT2D eigenvalue weighted by molar-refractivity contribution is 0.0734. The summed E-state index contributed by atoms with van der Waals surface area (Å²) in [6, 6.07) is 21.5. The summed E-state index contributed by atoms with van der Waals surface area (Å²) in [5.41, 5.74) is 2.87. The van der Waals surface area contributed by atoms with Gasteiger partial charge in [0.05, 0.1) is 11.1 Å². The van der Waals surface area contributed by atoms with Gasteiger partial charge in [0.1, 0.15) is 11.5 Å². The highest BCUT2D eigenvalue weighted by molar-refractivity contribution is 6.15. The van der Waals surface area contributed by atoms with E-state index in [0.717, 1.165) is 16.5 Å². The van der Waals surface area contributed by atoms with Gasteiger partial charge in [0, 0.05) is 35.8 Å². The van der Waals surface area contributed by atoms with Gasteiger partial charge in [0.15, 0.2) is 5.76 Å². The van der Waals surface area contributed by atoms with Crippen molar-refractivity contribution in [3.8, 4) is 11.5 Å². The minimum Gasteiger partial charge on any atom is -0.452 e. The zero-order valence-corrected chi connectivity index (χ0v) is 16.2. The number of allylic oxidation sites excluding steroid dienone is 1. The van der Waals surface area contributed by atoms with Crippen LogP contribution in [0.3, 0.4) is 0 Å². The lowest BCUT2D eigenvalue weighted by atomic mass is 10.1. The van der Waals surface area contributed by atoms with Gasteiger partial charge in [0.2, 0.25) is 5.78 Å². The highest BCUT2D eigenvalue weighted by Gasteiger charge is 2.28. The summed E-state index contributed by atoms with van der Waals surface area (Å²) < 4.78 is 13.3. The van der Waals surface area contributed by atoms with Gasteiger partial charge in [-0.2, -0.15) is 0 Å². The Morgan fingerprint density at radius 1 is 1.00 bits per heavy atom. The summed E-state index contributed by atoms with van der Waals surface area (Å²) in [6.07, 6.45) is 3.71. The number of aromatic nitrogens is 1. The molecule has 30 heavy (non-hydrogen) atoms. The van der Waals surface area contributed by atoms with Crippen molar-refractivity contribution in [3.05, 3.63) is 101 Å². The first kappa shape index (κ1) is 17.9. The quantitative estimate of drug-likeness (QED) is 0.278. The molecule has 0 saturated heterocycles. The molecule has 146 valence electrons. The summed E-state index contributed by atoms with van der Waals surface area (Å²) in [5, 5.41) is 1.04. The van der Waals surface area contributed by atoms with E-state index < -0.39 is 5.97 Å². The van der Waals surface area contributed by atoms with Crippen LogP contribution in [0, 0.1) is 0 Å². The predicted molar refractivity (Wildman–Crippen MR) is 114 cm³/mol. The maximum atomic E-state index is 12.8. The second-order valence-corrected chi connectivity index (χ2v) is 7.07. The number of hydrogen-bond donors (Lipinski definition) is 0. The number of nitrogens with zero attached hydrogens (tertiary/aromatic N) is 1. The zero-order valence-electron chi connectivity index (χ0n) is 16.2. The third-order valence-electron chi connectivity index (χ3n) is 5.08. The predicted octanol–water partition coefficient (Wildman–Crippen LogP) is 5.01. The van der Waals surface area contributed by atoms with Crippen LogP contribution in [0.4, 0.5) is 0 Å². The maximum Gasteiger partial charge on any atom is 0.343 e. The molecule has 1 aliphatic rings. The lowest BCUT2D eigenvalue weighted by Crippen LogP contribution is -2.08. The molecular weight excluding hydrogens is 378 g/mol. The van der Waals surface area contributed by atoms with E-state index in [1.54, 1.807) is 48.5 Å². The summed E-state index contributed by atoms with van der Waals surface area (Å²) in [7, 11) is 1.96. The van der Waals surface area contributed by atoms with E-state index in [9.17, 15) is 9.59 Å². The standard InChI is InChI=1S/C25H17NO4/c1-26-15-17(19-9-5-6-10-21(19)26)13-23-24(27)20-12-11-18(14-22(20)30-23)29-25(28)16-7-3-2-4-8-16/h2-15H,1H3. The normalized spacial score (nSPS) is 14.0. The number of esters is 1. The van der Waals surface area contributed by atoms with Crippen molar-refractivity contribution in [2.45, 2.75) is 0 Å². The largest absolute Gasteiger partial charge is 0.452 e. The molecule has 0 saturated carbocycles. The van der Waals surface area contributed by atoms with Gasteiger partial charge >= 0.3 is 5.97 Å². The third-order valence-corrected chi connectivity index (χ3v) is 5.08. The van der Waals surface area contributed by atoms with Gasteiger partial charge in [-0.05, 0) is 36.4 Å². The maximum absolute atomic E-state index is 12.8. The molecule has 1 aromatic heterocycles. The fraction of sp³-hybridized carbons (Fsp3) is 0.0400. The minimum atomic E-state index is -0.466. The van der Waals surface area contributed by atoms with Crippen LogP contribution >= 0.6 is 0 Å². The first-order chi connectivity index (χ1) is 14.6. The van der Waals surface area contributed by atoms with Crippen molar-refractivity contribution in [3.63, 3.8) is 0 Å². The second kappa shape index (κ2) is 7.04. The number of aryl methyl sites for hydroxylation is 1. The van der Waals surface area contributed by atoms with Crippen LogP contribution in [0.1, 0.15) is 26.3 Å². The fourth-order valence-corrected chi connectivity index (χ4v) is 3.60. The average Bonchev–Trinajstić information content (AvgIpc) is 3.25. The van der Waals surface area contributed by atoms with E-state index in [0.29, 0.717) is 22.6 Å².